The number of hydrogen-bond acceptors (Lipinski definition) is 3. The van der Waals surface area contributed by atoms with Crippen LogP contribution in [0.5, 0.6) is 0 Å². The van der Waals surface area contributed by atoms with E-state index in [4.69, 9.17) is 4.74 Å². The van der Waals surface area contributed by atoms with Gasteiger partial charge < -0.3 is 15.4 Å². The number of thioether (sulfide) groups is 1. The van der Waals surface area contributed by atoms with Gasteiger partial charge in [0.05, 0.1) is 6.61 Å². The average molecular weight is 435 g/mol. The number of aliphatic imine (C=N–C) groups is 1. The van der Waals surface area contributed by atoms with Gasteiger partial charge in [0.25, 0.3) is 0 Å². The van der Waals surface area contributed by atoms with Crippen molar-refractivity contribution in [2.24, 2.45) is 4.99 Å². The molecule has 4 nitrogen and oxygen atoms in total. The lowest BCUT2D eigenvalue weighted by atomic mass is 10.1. The molecule has 1 aromatic rings. The average Bonchev–Trinajstić information content (AvgIpc) is 3.02. The molecule has 0 aromatic heterocycles. The summed E-state index contributed by atoms with van der Waals surface area (Å²) in [4.78, 5) is 4.29. The van der Waals surface area contributed by atoms with Crippen LogP contribution in [0.3, 0.4) is 0 Å². The second kappa shape index (κ2) is 11.1. The van der Waals surface area contributed by atoms with Crippen LogP contribution in [0.1, 0.15) is 24.0 Å². The topological polar surface area (TPSA) is 45.7 Å². The number of halogens is 1. The van der Waals surface area contributed by atoms with Crippen LogP contribution in [-0.4, -0.2) is 37.7 Å². The Kier molecular flexibility index (Phi) is 9.90. The summed E-state index contributed by atoms with van der Waals surface area (Å²) in [7, 11) is 3.54. The quantitative estimate of drug-likeness (QED) is 0.410. The number of guanidine groups is 1. The molecule has 2 rings (SSSR count). The Bertz CT molecular complexity index is 464. The molecule has 0 saturated carbocycles. The largest absolute Gasteiger partial charge is 0.380 e. The molecule has 1 aliphatic heterocycles. The zero-order valence-corrected chi connectivity index (χ0v) is 16.4. The minimum atomic E-state index is 0. The molecule has 1 heterocycles. The molecule has 0 radical (unpaired) electrons. The lowest BCUT2D eigenvalue weighted by Gasteiger charge is -2.16. The molecule has 0 aliphatic carbocycles. The Morgan fingerprint density at radius 3 is 2.73 bits per heavy atom. The number of benzene rings is 1. The first kappa shape index (κ1) is 19.6. The number of ether oxygens (including phenoxy) is 1. The molecule has 0 amide bonds. The maximum atomic E-state index is 5.24. The van der Waals surface area contributed by atoms with E-state index in [0.717, 1.165) is 24.3 Å². The van der Waals surface area contributed by atoms with Crippen LogP contribution in [0.2, 0.25) is 0 Å². The molecule has 0 bridgehead atoms. The highest BCUT2D eigenvalue weighted by Crippen LogP contribution is 2.25. The molecular formula is C16H26IN3OS. The fourth-order valence-electron chi connectivity index (χ4n) is 2.44. The fourth-order valence-corrected chi connectivity index (χ4v) is 3.64. The van der Waals surface area contributed by atoms with Gasteiger partial charge in [-0.15, -0.1) is 24.0 Å². The van der Waals surface area contributed by atoms with Crippen LogP contribution in [0, 0.1) is 0 Å². The predicted molar refractivity (Wildman–Crippen MR) is 106 cm³/mol. The predicted octanol–water partition coefficient (Wildman–Crippen LogP) is 3.01. The Morgan fingerprint density at radius 2 is 2.09 bits per heavy atom. The van der Waals surface area contributed by atoms with E-state index in [2.05, 4.69) is 45.6 Å². The fraction of sp³-hybridized carbons (Fsp3) is 0.562. The van der Waals surface area contributed by atoms with Crippen molar-refractivity contribution in [2.45, 2.75) is 31.2 Å². The number of rotatable bonds is 6. The third kappa shape index (κ3) is 6.34. The van der Waals surface area contributed by atoms with Crippen LogP contribution in [0.15, 0.2) is 29.3 Å². The van der Waals surface area contributed by atoms with Gasteiger partial charge in [-0.1, -0.05) is 24.3 Å². The maximum Gasteiger partial charge on any atom is 0.191 e. The van der Waals surface area contributed by atoms with Crippen LogP contribution in [0.4, 0.5) is 0 Å². The van der Waals surface area contributed by atoms with Crippen LogP contribution >= 0.6 is 35.7 Å². The lowest BCUT2D eigenvalue weighted by molar-refractivity contribution is 0.184. The molecule has 1 unspecified atom stereocenters. The van der Waals surface area contributed by atoms with Crippen molar-refractivity contribution in [3.63, 3.8) is 0 Å². The highest BCUT2D eigenvalue weighted by atomic mass is 127. The van der Waals surface area contributed by atoms with Gasteiger partial charge in [-0.05, 0) is 29.7 Å². The normalized spacial score (nSPS) is 17.9. The van der Waals surface area contributed by atoms with E-state index in [1.807, 2.05) is 13.1 Å². The van der Waals surface area contributed by atoms with Crippen molar-refractivity contribution in [3.8, 4) is 0 Å². The summed E-state index contributed by atoms with van der Waals surface area (Å²) in [6, 6.07) is 8.33. The summed E-state index contributed by atoms with van der Waals surface area (Å²) in [6.07, 6.45) is 2.65. The maximum absolute atomic E-state index is 5.24. The Balaban J connectivity index is 0.00000242. The number of hydrogen-bond donors (Lipinski definition) is 2. The van der Waals surface area contributed by atoms with Crippen molar-refractivity contribution >= 4 is 41.7 Å². The third-order valence-electron chi connectivity index (χ3n) is 3.61. The Hall–Kier alpha value is -0.470. The van der Waals surface area contributed by atoms with Gasteiger partial charge in [0.15, 0.2) is 5.96 Å². The first-order valence-electron chi connectivity index (χ1n) is 7.45. The van der Waals surface area contributed by atoms with E-state index in [0.29, 0.717) is 6.61 Å². The SMILES string of the molecule is CN=C(NCc1ccccc1COC)NCC1CCCS1.I. The van der Waals surface area contributed by atoms with E-state index in [1.54, 1.807) is 7.11 Å². The van der Waals surface area contributed by atoms with Gasteiger partial charge in [-0.3, -0.25) is 4.99 Å². The van der Waals surface area contributed by atoms with Gasteiger partial charge in [-0.2, -0.15) is 11.8 Å². The minimum absolute atomic E-state index is 0. The zero-order chi connectivity index (χ0) is 14.9. The van der Waals surface area contributed by atoms with Gasteiger partial charge >= 0.3 is 0 Å². The molecule has 6 heteroatoms. The van der Waals surface area contributed by atoms with E-state index in [1.165, 1.54) is 29.7 Å². The molecule has 1 fully saturated rings. The lowest BCUT2D eigenvalue weighted by Crippen LogP contribution is -2.39. The highest BCUT2D eigenvalue weighted by Gasteiger charge is 2.15. The molecule has 0 spiro atoms. The molecule has 1 saturated heterocycles. The first-order valence-corrected chi connectivity index (χ1v) is 8.50. The number of nitrogens with zero attached hydrogens (tertiary/aromatic N) is 1. The molecule has 22 heavy (non-hydrogen) atoms. The summed E-state index contributed by atoms with van der Waals surface area (Å²) < 4.78 is 5.24. The Labute approximate surface area is 154 Å². The monoisotopic (exact) mass is 435 g/mol. The third-order valence-corrected chi connectivity index (χ3v) is 5.01. The minimum Gasteiger partial charge on any atom is -0.380 e. The molecule has 124 valence electrons. The summed E-state index contributed by atoms with van der Waals surface area (Å²) in [5.41, 5.74) is 2.46. The Morgan fingerprint density at radius 1 is 1.32 bits per heavy atom. The summed E-state index contributed by atoms with van der Waals surface area (Å²) in [5, 5.41) is 7.53. The summed E-state index contributed by atoms with van der Waals surface area (Å²) in [6.45, 7) is 2.39. The smallest absolute Gasteiger partial charge is 0.191 e. The van der Waals surface area contributed by atoms with E-state index in [9.17, 15) is 0 Å². The van der Waals surface area contributed by atoms with E-state index in [-0.39, 0.29) is 24.0 Å². The number of methoxy groups -OCH3 is 1. The second-order valence-electron chi connectivity index (χ2n) is 5.14. The van der Waals surface area contributed by atoms with Crippen LogP contribution in [0.25, 0.3) is 0 Å². The van der Waals surface area contributed by atoms with Crippen LogP contribution in [-0.2, 0) is 17.9 Å². The number of nitrogens with one attached hydrogen (secondary N) is 2. The van der Waals surface area contributed by atoms with Crippen molar-refractivity contribution in [1.82, 2.24) is 10.6 Å². The first-order chi connectivity index (χ1) is 10.3. The van der Waals surface area contributed by atoms with Gasteiger partial charge in [0, 0.05) is 32.5 Å². The van der Waals surface area contributed by atoms with Crippen molar-refractivity contribution in [1.29, 1.82) is 0 Å². The van der Waals surface area contributed by atoms with E-state index >= 15 is 0 Å². The van der Waals surface area contributed by atoms with Crippen molar-refractivity contribution < 1.29 is 4.74 Å². The summed E-state index contributed by atoms with van der Waals surface area (Å²) >= 11 is 2.06. The molecule has 2 N–H and O–H groups in total. The second-order valence-corrected chi connectivity index (χ2v) is 6.55. The standard InChI is InChI=1S/C16H25N3OS.HI/c1-17-16(19-11-15-8-5-9-21-15)18-10-13-6-3-4-7-14(13)12-20-2;/h3-4,6-7,15H,5,8-12H2,1-2H3,(H2,17,18,19);1H. The molecule has 1 aromatic carbocycles. The molecule has 1 aliphatic rings. The van der Waals surface area contributed by atoms with Gasteiger partial charge in [0.1, 0.15) is 0 Å². The highest BCUT2D eigenvalue weighted by molar-refractivity contribution is 14.0. The van der Waals surface area contributed by atoms with Crippen molar-refractivity contribution in [3.05, 3.63) is 35.4 Å². The van der Waals surface area contributed by atoms with Gasteiger partial charge in [-0.25, -0.2) is 0 Å². The van der Waals surface area contributed by atoms with Gasteiger partial charge in [0.2, 0.25) is 0 Å². The zero-order valence-electron chi connectivity index (χ0n) is 13.3. The summed E-state index contributed by atoms with van der Waals surface area (Å²) in [5.74, 6) is 2.16. The molecule has 1 atom stereocenters. The van der Waals surface area contributed by atoms with Crippen LogP contribution < -0.4 is 10.6 Å². The van der Waals surface area contributed by atoms with Crippen molar-refractivity contribution in [2.75, 3.05) is 26.5 Å². The van der Waals surface area contributed by atoms with E-state index < -0.39 is 0 Å². The molecular weight excluding hydrogens is 409 g/mol.